The minimum atomic E-state index is -0.141. The molecule has 3 N–H and O–H groups in total. The molecule has 1 aliphatic heterocycles. The summed E-state index contributed by atoms with van der Waals surface area (Å²) in [5, 5.41) is 6.58. The van der Waals surface area contributed by atoms with E-state index in [1.54, 1.807) is 17.3 Å². The van der Waals surface area contributed by atoms with Gasteiger partial charge in [0.25, 0.3) is 5.56 Å². The maximum Gasteiger partial charge on any atom is 0.271 e. The van der Waals surface area contributed by atoms with Gasteiger partial charge < -0.3 is 20.5 Å². The van der Waals surface area contributed by atoms with Crippen LogP contribution in [0.5, 0.6) is 0 Å². The highest BCUT2D eigenvalue weighted by Crippen LogP contribution is 2.40. The van der Waals surface area contributed by atoms with Gasteiger partial charge in [-0.25, -0.2) is 0 Å². The van der Waals surface area contributed by atoms with Crippen molar-refractivity contribution in [1.29, 1.82) is 0 Å². The third-order valence-corrected chi connectivity index (χ3v) is 5.60. The van der Waals surface area contributed by atoms with E-state index in [0.717, 1.165) is 29.8 Å². The zero-order valence-corrected chi connectivity index (χ0v) is 15.9. The van der Waals surface area contributed by atoms with E-state index in [1.165, 1.54) is 6.08 Å². The molecule has 2 aliphatic rings. The molecular weight excluding hydrogens is 354 g/mol. The standard InChI is InChI=1S/C21H25N5O2/c1-3-19(27)26-11-15(12-26)20(13-4-5-13)25-18-8-14(10-24-21(18)28)17-9-16(22-2)6-7-23-17/h3,6-10,13,15,20,25H,1,4-5,11-12H2,2H3,(H,22,23)(H,24,28). The van der Waals surface area contributed by atoms with E-state index in [0.29, 0.717) is 30.6 Å². The van der Waals surface area contributed by atoms with Crippen LogP contribution < -0.4 is 16.2 Å². The first-order chi connectivity index (χ1) is 13.6. The van der Waals surface area contributed by atoms with E-state index in [-0.39, 0.29) is 17.5 Å². The highest BCUT2D eigenvalue weighted by Gasteiger charge is 2.43. The predicted octanol–water partition coefficient (Wildman–Crippen LogP) is 2.31. The third-order valence-electron chi connectivity index (χ3n) is 5.60. The van der Waals surface area contributed by atoms with Crippen molar-refractivity contribution < 1.29 is 4.79 Å². The molecular formula is C21H25N5O2. The van der Waals surface area contributed by atoms with Gasteiger partial charge >= 0.3 is 0 Å². The molecule has 7 nitrogen and oxygen atoms in total. The Morgan fingerprint density at radius 2 is 2.14 bits per heavy atom. The van der Waals surface area contributed by atoms with Crippen molar-refractivity contribution in [3.8, 4) is 11.3 Å². The van der Waals surface area contributed by atoms with Gasteiger partial charge in [0.15, 0.2) is 0 Å². The van der Waals surface area contributed by atoms with Crippen LogP contribution in [0.2, 0.25) is 0 Å². The van der Waals surface area contributed by atoms with Crippen molar-refractivity contribution >= 4 is 17.3 Å². The molecule has 0 radical (unpaired) electrons. The second-order valence-corrected chi connectivity index (χ2v) is 7.53. The van der Waals surface area contributed by atoms with Crippen LogP contribution in [0, 0.1) is 11.8 Å². The lowest BCUT2D eigenvalue weighted by molar-refractivity contribution is -0.132. The maximum atomic E-state index is 12.4. The molecule has 28 heavy (non-hydrogen) atoms. The molecule has 2 fully saturated rings. The molecule has 2 aromatic rings. The highest BCUT2D eigenvalue weighted by atomic mass is 16.2. The largest absolute Gasteiger partial charge is 0.388 e. The van der Waals surface area contributed by atoms with Crippen molar-refractivity contribution in [2.24, 2.45) is 11.8 Å². The van der Waals surface area contributed by atoms with Crippen LogP contribution >= 0.6 is 0 Å². The molecule has 4 rings (SSSR count). The fourth-order valence-corrected chi connectivity index (χ4v) is 3.79. The van der Waals surface area contributed by atoms with E-state index in [1.807, 2.05) is 25.2 Å². The lowest BCUT2D eigenvalue weighted by Gasteiger charge is -2.43. The average molecular weight is 379 g/mol. The first-order valence-electron chi connectivity index (χ1n) is 9.64. The molecule has 7 heteroatoms. The lowest BCUT2D eigenvalue weighted by atomic mass is 9.88. The van der Waals surface area contributed by atoms with E-state index >= 15 is 0 Å². The second kappa shape index (κ2) is 7.50. The Bertz CT molecular complexity index is 944. The van der Waals surface area contributed by atoms with Crippen LogP contribution in [0.3, 0.4) is 0 Å². The number of nitrogens with zero attached hydrogens (tertiary/aromatic N) is 2. The van der Waals surface area contributed by atoms with Crippen LogP contribution in [0.15, 0.2) is 48.0 Å². The molecule has 1 saturated heterocycles. The topological polar surface area (TPSA) is 90.1 Å². The Balaban J connectivity index is 1.54. The van der Waals surface area contributed by atoms with Gasteiger partial charge in [-0.3, -0.25) is 14.6 Å². The quantitative estimate of drug-likeness (QED) is 0.643. The van der Waals surface area contributed by atoms with Gasteiger partial charge in [-0.05, 0) is 43.0 Å². The zero-order valence-electron chi connectivity index (χ0n) is 15.9. The maximum absolute atomic E-state index is 12.4. The molecule has 2 aromatic heterocycles. The first-order valence-corrected chi connectivity index (χ1v) is 9.64. The molecule has 3 heterocycles. The van der Waals surface area contributed by atoms with Gasteiger partial charge in [-0.1, -0.05) is 6.58 Å². The molecule has 0 aromatic carbocycles. The highest BCUT2D eigenvalue weighted by molar-refractivity contribution is 5.87. The smallest absolute Gasteiger partial charge is 0.271 e. The Morgan fingerprint density at radius 1 is 1.36 bits per heavy atom. The number of likely N-dealkylation sites (tertiary alicyclic amines) is 1. The molecule has 1 unspecified atom stereocenters. The molecule has 0 bridgehead atoms. The van der Waals surface area contributed by atoms with E-state index in [4.69, 9.17) is 0 Å². The minimum Gasteiger partial charge on any atom is -0.388 e. The summed E-state index contributed by atoms with van der Waals surface area (Å²) in [6.07, 6.45) is 7.11. The summed E-state index contributed by atoms with van der Waals surface area (Å²) >= 11 is 0. The zero-order chi connectivity index (χ0) is 19.7. The number of amides is 1. The molecule has 1 atom stereocenters. The van der Waals surface area contributed by atoms with Crippen molar-refractivity contribution in [3.05, 3.63) is 53.6 Å². The fraction of sp³-hybridized carbons (Fsp3) is 0.381. The van der Waals surface area contributed by atoms with Gasteiger partial charge in [-0.2, -0.15) is 0 Å². The first kappa shape index (κ1) is 18.3. The summed E-state index contributed by atoms with van der Waals surface area (Å²) in [5.41, 5.74) is 3.02. The Labute approximate surface area is 163 Å². The molecule has 1 aliphatic carbocycles. The minimum absolute atomic E-state index is 0.0267. The van der Waals surface area contributed by atoms with Crippen molar-refractivity contribution in [2.75, 3.05) is 30.8 Å². The summed E-state index contributed by atoms with van der Waals surface area (Å²) in [6, 6.07) is 5.90. The van der Waals surface area contributed by atoms with Crippen LogP contribution in [-0.2, 0) is 4.79 Å². The predicted molar refractivity (Wildman–Crippen MR) is 110 cm³/mol. The van der Waals surface area contributed by atoms with Crippen molar-refractivity contribution in [2.45, 2.75) is 18.9 Å². The number of aromatic amines is 1. The van der Waals surface area contributed by atoms with Crippen molar-refractivity contribution in [1.82, 2.24) is 14.9 Å². The summed E-state index contributed by atoms with van der Waals surface area (Å²) in [4.78, 5) is 33.2. The number of pyridine rings is 2. The van der Waals surface area contributed by atoms with Gasteiger partial charge in [-0.15, -0.1) is 0 Å². The third kappa shape index (κ3) is 3.65. The number of aromatic nitrogens is 2. The number of H-pyrrole nitrogens is 1. The Hall–Kier alpha value is -3.09. The number of nitrogens with one attached hydrogen (secondary N) is 3. The average Bonchev–Trinajstić information content (AvgIpc) is 3.52. The van der Waals surface area contributed by atoms with Crippen LogP contribution in [0.1, 0.15) is 12.8 Å². The number of hydrogen-bond donors (Lipinski definition) is 3. The number of rotatable bonds is 7. The number of carbonyl (C=O) groups is 1. The number of hydrogen-bond acceptors (Lipinski definition) is 5. The monoisotopic (exact) mass is 379 g/mol. The van der Waals surface area contributed by atoms with E-state index in [2.05, 4.69) is 27.2 Å². The Morgan fingerprint density at radius 3 is 2.82 bits per heavy atom. The Kier molecular flexibility index (Phi) is 4.90. The van der Waals surface area contributed by atoms with Crippen LogP contribution in [0.25, 0.3) is 11.3 Å². The summed E-state index contributed by atoms with van der Waals surface area (Å²) < 4.78 is 0. The van der Waals surface area contributed by atoms with Crippen LogP contribution in [-0.4, -0.2) is 47.0 Å². The molecule has 1 saturated carbocycles. The van der Waals surface area contributed by atoms with Gasteiger partial charge in [0.1, 0.15) is 5.69 Å². The molecule has 1 amide bonds. The van der Waals surface area contributed by atoms with E-state index < -0.39 is 0 Å². The molecule has 146 valence electrons. The fourth-order valence-electron chi connectivity index (χ4n) is 3.79. The number of anilines is 2. The van der Waals surface area contributed by atoms with Crippen molar-refractivity contribution in [3.63, 3.8) is 0 Å². The SMILES string of the molecule is C=CC(=O)N1CC(C(Nc2cc(-c3cc(NC)ccn3)c[nH]c2=O)C2CC2)C1. The van der Waals surface area contributed by atoms with Gasteiger partial charge in [0.2, 0.25) is 5.91 Å². The summed E-state index contributed by atoms with van der Waals surface area (Å²) in [6.45, 7) is 4.97. The number of carbonyl (C=O) groups excluding carboxylic acids is 1. The lowest BCUT2D eigenvalue weighted by Crippen LogP contribution is -2.56. The summed E-state index contributed by atoms with van der Waals surface area (Å²) in [7, 11) is 1.86. The van der Waals surface area contributed by atoms with Crippen LogP contribution in [0.4, 0.5) is 11.4 Å². The molecule has 0 spiro atoms. The van der Waals surface area contributed by atoms with Gasteiger partial charge in [0.05, 0.1) is 5.69 Å². The van der Waals surface area contributed by atoms with Gasteiger partial charge in [0, 0.05) is 55.7 Å². The van der Waals surface area contributed by atoms with E-state index in [9.17, 15) is 9.59 Å². The summed E-state index contributed by atoms with van der Waals surface area (Å²) in [5.74, 6) is 0.881. The normalized spacial score (nSPS) is 17.5. The second-order valence-electron chi connectivity index (χ2n) is 7.53.